The largest absolute Gasteiger partial charge is 0.269 e. The lowest BCUT2D eigenvalue weighted by atomic mass is 10.3. The number of thiophene rings is 1. The van der Waals surface area contributed by atoms with Crippen molar-refractivity contribution in [2.24, 2.45) is 0 Å². The minimum Gasteiger partial charge on any atom is -0.269 e. The Labute approximate surface area is 88.3 Å². The van der Waals surface area contributed by atoms with E-state index < -0.39 is 0 Å². The van der Waals surface area contributed by atoms with E-state index in [1.165, 1.54) is 10.6 Å². The highest BCUT2D eigenvalue weighted by Gasteiger charge is 2.20. The highest BCUT2D eigenvalue weighted by Crippen LogP contribution is 2.33. The van der Waals surface area contributed by atoms with Gasteiger partial charge in [0.25, 0.3) is 0 Å². The first kappa shape index (κ1) is 8.10. The van der Waals surface area contributed by atoms with Crippen LogP contribution in [0, 0.1) is 0 Å². The van der Waals surface area contributed by atoms with Crippen LogP contribution in [0.2, 0.25) is 0 Å². The predicted molar refractivity (Wildman–Crippen MR) is 57.1 cm³/mol. The molecule has 1 aliphatic heterocycles. The van der Waals surface area contributed by atoms with Crippen molar-refractivity contribution in [3.8, 4) is 0 Å². The normalized spacial score (nSPS) is 18.5. The molecule has 0 aromatic carbocycles. The van der Waals surface area contributed by atoms with Gasteiger partial charge in [-0.1, -0.05) is 0 Å². The monoisotopic (exact) mass is 300 g/mol. The summed E-state index contributed by atoms with van der Waals surface area (Å²) < 4.78 is 3.91. The highest BCUT2D eigenvalue weighted by molar-refractivity contribution is 14.1. The molecule has 0 saturated carbocycles. The average Bonchev–Trinajstić information content (AvgIpc) is 2.34. The van der Waals surface area contributed by atoms with Crippen LogP contribution in [0.1, 0.15) is 4.88 Å². The van der Waals surface area contributed by atoms with E-state index in [4.69, 9.17) is 11.8 Å². The number of nitrogens with zero attached hydrogens (tertiary/aromatic N) is 2. The van der Waals surface area contributed by atoms with Crippen LogP contribution in [0.3, 0.4) is 0 Å². The first-order valence-electron chi connectivity index (χ1n) is 3.18. The SMILES string of the molecule is ClN1CN(I)Cc2sccc21. The number of anilines is 1. The molecule has 0 N–H and O–H groups in total. The molecule has 0 bridgehead atoms. The van der Waals surface area contributed by atoms with E-state index in [9.17, 15) is 0 Å². The molecule has 0 aliphatic carbocycles. The summed E-state index contributed by atoms with van der Waals surface area (Å²) in [6, 6.07) is 2.07. The fourth-order valence-corrected chi connectivity index (χ4v) is 3.37. The van der Waals surface area contributed by atoms with Gasteiger partial charge in [0.05, 0.1) is 12.4 Å². The van der Waals surface area contributed by atoms with Gasteiger partial charge in [0.2, 0.25) is 0 Å². The lowest BCUT2D eigenvalue weighted by Gasteiger charge is -2.27. The second-order valence-electron chi connectivity index (χ2n) is 2.35. The maximum Gasteiger partial charge on any atom is 0.0959 e. The van der Waals surface area contributed by atoms with Crippen LogP contribution >= 0.6 is 46.0 Å². The van der Waals surface area contributed by atoms with E-state index in [1.807, 2.05) is 0 Å². The molecule has 2 rings (SSSR count). The molecule has 0 unspecified atom stereocenters. The molecule has 0 saturated heterocycles. The van der Waals surface area contributed by atoms with Gasteiger partial charge in [0.1, 0.15) is 0 Å². The molecule has 11 heavy (non-hydrogen) atoms. The predicted octanol–water partition coefficient (Wildman–Crippen LogP) is 2.83. The summed E-state index contributed by atoms with van der Waals surface area (Å²) >= 11 is 10.0. The van der Waals surface area contributed by atoms with Gasteiger partial charge in [-0.05, 0) is 11.4 Å². The van der Waals surface area contributed by atoms with Crippen molar-refractivity contribution in [3.05, 3.63) is 16.3 Å². The van der Waals surface area contributed by atoms with Crippen LogP contribution in [-0.4, -0.2) is 9.78 Å². The van der Waals surface area contributed by atoms with Crippen molar-refractivity contribution >= 4 is 51.7 Å². The zero-order valence-electron chi connectivity index (χ0n) is 5.63. The summed E-state index contributed by atoms with van der Waals surface area (Å²) in [5, 5.41) is 2.08. The summed E-state index contributed by atoms with van der Waals surface area (Å²) in [5.41, 5.74) is 1.17. The highest BCUT2D eigenvalue weighted by atomic mass is 127. The van der Waals surface area contributed by atoms with Gasteiger partial charge in [0, 0.05) is 46.1 Å². The molecule has 0 amide bonds. The molecule has 1 aromatic rings. The van der Waals surface area contributed by atoms with Crippen molar-refractivity contribution < 1.29 is 0 Å². The third kappa shape index (κ3) is 1.49. The van der Waals surface area contributed by atoms with Crippen LogP contribution < -0.4 is 4.42 Å². The number of hydrogen-bond acceptors (Lipinski definition) is 3. The van der Waals surface area contributed by atoms with Gasteiger partial charge < -0.3 is 0 Å². The average molecular weight is 301 g/mol. The molecule has 2 heterocycles. The number of hydrogen-bond donors (Lipinski definition) is 0. The van der Waals surface area contributed by atoms with E-state index in [0.717, 1.165) is 13.2 Å². The molecule has 0 spiro atoms. The first-order valence-corrected chi connectivity index (χ1v) is 5.36. The van der Waals surface area contributed by atoms with Gasteiger partial charge in [-0.2, -0.15) is 0 Å². The molecular formula is C6H6ClIN2S. The summed E-state index contributed by atoms with van der Waals surface area (Å²) in [7, 11) is 0. The Hall–Kier alpha value is 0.480. The van der Waals surface area contributed by atoms with Gasteiger partial charge in [-0.3, -0.25) is 4.42 Å². The van der Waals surface area contributed by atoms with E-state index in [0.29, 0.717) is 0 Å². The zero-order chi connectivity index (χ0) is 7.84. The number of rotatable bonds is 0. The number of fused-ring (bicyclic) bond motifs is 1. The quantitative estimate of drug-likeness (QED) is 0.537. The Morgan fingerprint density at radius 2 is 2.45 bits per heavy atom. The Morgan fingerprint density at radius 3 is 3.27 bits per heavy atom. The molecule has 0 radical (unpaired) electrons. The Bertz CT molecular complexity index is 265. The lowest BCUT2D eigenvalue weighted by molar-refractivity contribution is 0.510. The Balaban J connectivity index is 2.36. The second-order valence-corrected chi connectivity index (χ2v) is 5.13. The molecule has 5 heteroatoms. The lowest BCUT2D eigenvalue weighted by Crippen LogP contribution is -2.29. The molecule has 0 fully saturated rings. The van der Waals surface area contributed by atoms with E-state index in [1.54, 1.807) is 15.8 Å². The maximum absolute atomic E-state index is 5.98. The fraction of sp³-hybridized carbons (Fsp3) is 0.333. The topological polar surface area (TPSA) is 6.48 Å². The van der Waals surface area contributed by atoms with Crippen LogP contribution in [-0.2, 0) is 6.54 Å². The third-order valence-corrected chi connectivity index (χ3v) is 3.41. The zero-order valence-corrected chi connectivity index (χ0v) is 9.36. The summed E-state index contributed by atoms with van der Waals surface area (Å²) in [6.07, 6.45) is 0. The smallest absolute Gasteiger partial charge is 0.0959 e. The Morgan fingerprint density at radius 1 is 1.64 bits per heavy atom. The minimum atomic E-state index is 0.797. The second kappa shape index (κ2) is 3.08. The van der Waals surface area contributed by atoms with Crippen molar-refractivity contribution in [3.63, 3.8) is 0 Å². The minimum absolute atomic E-state index is 0.797. The van der Waals surface area contributed by atoms with Crippen LogP contribution in [0.4, 0.5) is 5.69 Å². The van der Waals surface area contributed by atoms with Crippen LogP contribution in [0.25, 0.3) is 0 Å². The van der Waals surface area contributed by atoms with Crippen molar-refractivity contribution in [2.75, 3.05) is 11.1 Å². The molecule has 0 atom stereocenters. The van der Waals surface area contributed by atoms with Gasteiger partial charge >= 0.3 is 0 Å². The molecule has 60 valence electrons. The fourth-order valence-electron chi connectivity index (χ4n) is 1.09. The van der Waals surface area contributed by atoms with E-state index >= 15 is 0 Å². The summed E-state index contributed by atoms with van der Waals surface area (Å²) in [5.74, 6) is 0. The first-order chi connectivity index (χ1) is 5.27. The van der Waals surface area contributed by atoms with Crippen molar-refractivity contribution in [1.29, 1.82) is 0 Å². The van der Waals surface area contributed by atoms with Crippen molar-refractivity contribution in [2.45, 2.75) is 6.54 Å². The maximum atomic E-state index is 5.98. The van der Waals surface area contributed by atoms with Crippen LogP contribution in [0.5, 0.6) is 0 Å². The summed E-state index contributed by atoms with van der Waals surface area (Å²) in [6.45, 7) is 1.81. The third-order valence-electron chi connectivity index (χ3n) is 1.58. The van der Waals surface area contributed by atoms with Gasteiger partial charge in [0.15, 0.2) is 0 Å². The van der Waals surface area contributed by atoms with Gasteiger partial charge in [-0.25, -0.2) is 3.11 Å². The van der Waals surface area contributed by atoms with Crippen molar-refractivity contribution in [1.82, 2.24) is 3.11 Å². The summed E-state index contributed by atoms with van der Waals surface area (Å²) in [4.78, 5) is 1.35. The molecule has 1 aliphatic rings. The van der Waals surface area contributed by atoms with Gasteiger partial charge in [-0.15, -0.1) is 11.3 Å². The Kier molecular flexibility index (Phi) is 2.27. The standard InChI is InChI=1S/C6H6ClIN2S/c7-10-4-9(8)3-6-5(10)1-2-11-6/h1-2H,3-4H2. The molecular weight excluding hydrogens is 295 g/mol. The molecule has 2 nitrogen and oxygen atoms in total. The molecule has 1 aromatic heterocycles. The van der Waals surface area contributed by atoms with E-state index in [-0.39, 0.29) is 0 Å². The van der Waals surface area contributed by atoms with E-state index in [2.05, 4.69) is 37.4 Å². The number of halogens is 2. The van der Waals surface area contributed by atoms with Crippen LogP contribution in [0.15, 0.2) is 11.4 Å².